The van der Waals surface area contributed by atoms with Crippen LogP contribution in [0.4, 0.5) is 4.79 Å². The highest BCUT2D eigenvalue weighted by Gasteiger charge is 2.58. The highest BCUT2D eigenvalue weighted by atomic mass is 16.2. The van der Waals surface area contributed by atoms with Crippen molar-refractivity contribution in [1.29, 1.82) is 0 Å². The van der Waals surface area contributed by atoms with Gasteiger partial charge in [0, 0.05) is 25.7 Å². The summed E-state index contributed by atoms with van der Waals surface area (Å²) in [5.41, 5.74) is 0.685. The van der Waals surface area contributed by atoms with E-state index in [2.05, 4.69) is 36.1 Å². The van der Waals surface area contributed by atoms with Crippen molar-refractivity contribution in [2.75, 3.05) is 13.1 Å². The van der Waals surface area contributed by atoms with Gasteiger partial charge >= 0.3 is 6.03 Å². The van der Waals surface area contributed by atoms with E-state index in [9.17, 15) is 9.59 Å². The van der Waals surface area contributed by atoms with E-state index in [0.717, 1.165) is 32.4 Å². The van der Waals surface area contributed by atoms with E-state index < -0.39 is 5.54 Å². The molecule has 5 heteroatoms. The van der Waals surface area contributed by atoms with Crippen molar-refractivity contribution in [3.05, 3.63) is 35.9 Å². The minimum atomic E-state index is -0.590. The fourth-order valence-electron chi connectivity index (χ4n) is 4.58. The molecule has 0 aromatic heterocycles. The topological polar surface area (TPSA) is 43.9 Å². The Morgan fingerprint density at radius 1 is 1.21 bits per heavy atom. The molecule has 0 saturated carbocycles. The first kappa shape index (κ1) is 15.6. The molecule has 0 aliphatic carbocycles. The van der Waals surface area contributed by atoms with Crippen molar-refractivity contribution in [1.82, 2.24) is 14.7 Å². The molecule has 128 valence electrons. The predicted octanol–water partition coefficient (Wildman–Crippen LogP) is 2.47. The van der Waals surface area contributed by atoms with Crippen LogP contribution in [0.1, 0.15) is 38.7 Å². The zero-order valence-corrected chi connectivity index (χ0v) is 14.4. The molecule has 3 atom stereocenters. The van der Waals surface area contributed by atoms with Gasteiger partial charge in [-0.2, -0.15) is 0 Å². The van der Waals surface area contributed by atoms with E-state index in [1.54, 1.807) is 9.80 Å². The molecule has 0 unspecified atom stereocenters. The first-order valence-electron chi connectivity index (χ1n) is 8.94. The second-order valence-corrected chi connectivity index (χ2v) is 7.64. The van der Waals surface area contributed by atoms with Crippen LogP contribution in [-0.2, 0) is 11.3 Å². The van der Waals surface area contributed by atoms with Crippen LogP contribution in [-0.4, -0.2) is 57.4 Å². The predicted molar refractivity (Wildman–Crippen MR) is 91.3 cm³/mol. The lowest BCUT2D eigenvalue weighted by Gasteiger charge is -2.24. The van der Waals surface area contributed by atoms with Crippen LogP contribution in [0.3, 0.4) is 0 Å². The number of amides is 3. The first-order valence-corrected chi connectivity index (χ1v) is 8.94. The molecule has 24 heavy (non-hydrogen) atoms. The molecule has 0 spiro atoms. The van der Waals surface area contributed by atoms with Crippen LogP contribution in [0.5, 0.6) is 0 Å². The molecule has 0 radical (unpaired) electrons. The van der Waals surface area contributed by atoms with Crippen LogP contribution in [0.25, 0.3) is 0 Å². The Hall–Kier alpha value is -1.88. The fourth-order valence-corrected chi connectivity index (χ4v) is 4.58. The van der Waals surface area contributed by atoms with Gasteiger partial charge in [0.05, 0.1) is 6.04 Å². The number of fused-ring (bicyclic) bond motifs is 1. The number of likely N-dealkylation sites (tertiary alicyclic amines) is 1. The smallest absolute Gasteiger partial charge is 0.310 e. The molecule has 4 rings (SSSR count). The number of carbonyl (C=O) groups is 2. The Morgan fingerprint density at radius 3 is 2.67 bits per heavy atom. The summed E-state index contributed by atoms with van der Waals surface area (Å²) in [6.07, 6.45) is 2.60. The quantitative estimate of drug-likeness (QED) is 0.801. The van der Waals surface area contributed by atoms with Crippen LogP contribution in [0.2, 0.25) is 0 Å². The number of nitrogens with zero attached hydrogens (tertiary/aromatic N) is 3. The number of imide groups is 1. The summed E-state index contributed by atoms with van der Waals surface area (Å²) in [5.74, 6) is 0.0174. The van der Waals surface area contributed by atoms with Crippen molar-refractivity contribution >= 4 is 11.9 Å². The molecular weight excluding hydrogens is 302 g/mol. The van der Waals surface area contributed by atoms with Gasteiger partial charge < -0.3 is 4.90 Å². The molecule has 3 fully saturated rings. The lowest BCUT2D eigenvalue weighted by atomic mass is 9.98. The third-order valence-corrected chi connectivity index (χ3v) is 6.03. The highest BCUT2D eigenvalue weighted by molar-refractivity contribution is 6.07. The summed E-state index contributed by atoms with van der Waals surface area (Å²) in [5, 5.41) is 0. The van der Waals surface area contributed by atoms with Gasteiger partial charge in [-0.05, 0) is 38.7 Å². The summed E-state index contributed by atoms with van der Waals surface area (Å²) in [6.45, 7) is 6.48. The van der Waals surface area contributed by atoms with Gasteiger partial charge in [-0.3, -0.25) is 14.6 Å². The summed E-state index contributed by atoms with van der Waals surface area (Å²) >= 11 is 0. The van der Waals surface area contributed by atoms with E-state index >= 15 is 0 Å². The highest BCUT2D eigenvalue weighted by Crippen LogP contribution is 2.40. The van der Waals surface area contributed by atoms with Crippen molar-refractivity contribution in [2.24, 2.45) is 0 Å². The molecule has 3 aliphatic rings. The third-order valence-electron chi connectivity index (χ3n) is 6.03. The van der Waals surface area contributed by atoms with Gasteiger partial charge in [-0.25, -0.2) is 4.79 Å². The molecule has 1 aromatic rings. The number of carbonyl (C=O) groups excluding carboxylic acids is 2. The summed E-state index contributed by atoms with van der Waals surface area (Å²) in [4.78, 5) is 31.4. The third kappa shape index (κ3) is 2.25. The van der Waals surface area contributed by atoms with Gasteiger partial charge in [0.15, 0.2) is 0 Å². The second kappa shape index (κ2) is 5.59. The van der Waals surface area contributed by atoms with Gasteiger partial charge in [0.25, 0.3) is 5.91 Å². The van der Waals surface area contributed by atoms with E-state index in [0.29, 0.717) is 12.6 Å². The Kier molecular flexibility index (Phi) is 3.64. The van der Waals surface area contributed by atoms with Crippen molar-refractivity contribution in [3.8, 4) is 0 Å². The monoisotopic (exact) mass is 327 g/mol. The maximum Gasteiger partial charge on any atom is 0.327 e. The molecule has 3 heterocycles. The van der Waals surface area contributed by atoms with Crippen LogP contribution < -0.4 is 0 Å². The van der Waals surface area contributed by atoms with E-state index in [1.807, 2.05) is 13.0 Å². The molecule has 3 amide bonds. The van der Waals surface area contributed by atoms with Gasteiger partial charge in [0.2, 0.25) is 0 Å². The second-order valence-electron chi connectivity index (χ2n) is 7.64. The number of hydrogen-bond acceptors (Lipinski definition) is 3. The van der Waals surface area contributed by atoms with Crippen LogP contribution >= 0.6 is 0 Å². The number of urea groups is 1. The lowest BCUT2D eigenvalue weighted by molar-refractivity contribution is -0.133. The minimum Gasteiger partial charge on any atom is -0.310 e. The number of hydrogen-bond donors (Lipinski definition) is 0. The Morgan fingerprint density at radius 2 is 1.96 bits per heavy atom. The zero-order chi connectivity index (χ0) is 16.9. The fraction of sp³-hybridized carbons (Fsp3) is 0.579. The molecule has 3 saturated heterocycles. The maximum atomic E-state index is 12.9. The van der Waals surface area contributed by atoms with Crippen LogP contribution in [0.15, 0.2) is 30.3 Å². The molecule has 1 aromatic carbocycles. The normalized spacial score (nSPS) is 33.6. The summed E-state index contributed by atoms with van der Waals surface area (Å²) < 4.78 is 0. The lowest BCUT2D eigenvalue weighted by Crippen LogP contribution is -2.45. The Labute approximate surface area is 143 Å². The summed E-state index contributed by atoms with van der Waals surface area (Å²) in [6, 6.07) is 10.7. The van der Waals surface area contributed by atoms with Gasteiger partial charge in [0.1, 0.15) is 5.54 Å². The summed E-state index contributed by atoms with van der Waals surface area (Å²) in [7, 11) is 0. The molecule has 0 N–H and O–H groups in total. The minimum absolute atomic E-state index is 0.00568. The first-order chi connectivity index (χ1) is 11.5. The molecule has 3 aliphatic heterocycles. The molecule has 5 nitrogen and oxygen atoms in total. The van der Waals surface area contributed by atoms with E-state index in [1.165, 1.54) is 5.56 Å². The molecular formula is C19H25N3O2. The van der Waals surface area contributed by atoms with E-state index in [-0.39, 0.29) is 18.0 Å². The largest absolute Gasteiger partial charge is 0.327 e. The average Bonchev–Trinajstić information content (AvgIpc) is 3.17. The Bertz CT molecular complexity index is 662. The van der Waals surface area contributed by atoms with Gasteiger partial charge in [-0.15, -0.1) is 0 Å². The molecule has 0 bridgehead atoms. The van der Waals surface area contributed by atoms with Crippen molar-refractivity contribution in [3.63, 3.8) is 0 Å². The van der Waals surface area contributed by atoms with Crippen molar-refractivity contribution in [2.45, 2.75) is 57.3 Å². The van der Waals surface area contributed by atoms with Crippen LogP contribution in [0, 0.1) is 0 Å². The number of benzene rings is 1. The SMILES string of the molecule is C[C@H]1C[C@@H](N2C(=O)N3CCC[C@@]3(C)C2=O)CN1Cc1ccccc1. The number of rotatable bonds is 3. The maximum absolute atomic E-state index is 12.9. The standard InChI is InChI=1S/C19H25N3O2/c1-14-11-16(13-20(14)12-15-7-4-3-5-8-15)22-17(23)19(2)9-6-10-21(19)18(22)24/h3-5,7-8,14,16H,6,9-13H2,1-2H3/t14-,16+,19-/m0/s1. The zero-order valence-electron chi connectivity index (χ0n) is 14.4. The van der Waals surface area contributed by atoms with E-state index in [4.69, 9.17) is 0 Å². The van der Waals surface area contributed by atoms with Crippen molar-refractivity contribution < 1.29 is 9.59 Å². The van der Waals surface area contributed by atoms with Gasteiger partial charge in [-0.1, -0.05) is 30.3 Å². The average molecular weight is 327 g/mol. The Balaban J connectivity index is 1.50.